The van der Waals surface area contributed by atoms with Gasteiger partial charge in [-0.25, -0.2) is 22.0 Å². The second-order valence-corrected chi connectivity index (χ2v) is 1.88. The van der Waals surface area contributed by atoms with E-state index in [1.54, 1.807) is 0 Å². The average molecular weight is 184 g/mol. The number of hydrogen-bond donors (Lipinski definition) is 0. The third-order valence-electron chi connectivity index (χ3n) is 0.926. The van der Waals surface area contributed by atoms with Crippen LogP contribution in [0.1, 0.15) is 6.92 Å². The van der Waals surface area contributed by atoms with Crippen LogP contribution >= 0.6 is 0 Å². The first kappa shape index (κ1) is 10.9. The molecule has 0 bridgehead atoms. The SMILES string of the molecule is C=C(F)/C(F)=C(F)\C(F)=C(/C)F. The van der Waals surface area contributed by atoms with Crippen LogP contribution in [0.2, 0.25) is 0 Å². The lowest BCUT2D eigenvalue weighted by Gasteiger charge is -1.95. The zero-order valence-electron chi connectivity index (χ0n) is 6.10. The fourth-order valence-electron chi connectivity index (χ4n) is 0.367. The van der Waals surface area contributed by atoms with Crippen LogP contribution in [-0.4, -0.2) is 0 Å². The minimum Gasteiger partial charge on any atom is -0.209 e. The van der Waals surface area contributed by atoms with Gasteiger partial charge < -0.3 is 0 Å². The molecule has 0 aromatic carbocycles. The molecule has 5 heteroatoms. The van der Waals surface area contributed by atoms with Crippen molar-refractivity contribution < 1.29 is 22.0 Å². The smallest absolute Gasteiger partial charge is 0.200 e. The molecule has 0 amide bonds. The predicted octanol–water partition coefficient (Wildman–Crippen LogP) is 3.79. The number of rotatable bonds is 2. The van der Waals surface area contributed by atoms with Crippen LogP contribution < -0.4 is 0 Å². The van der Waals surface area contributed by atoms with Crippen molar-refractivity contribution in [3.8, 4) is 0 Å². The fourth-order valence-corrected chi connectivity index (χ4v) is 0.367. The Labute approximate surface area is 65.7 Å². The highest BCUT2D eigenvalue weighted by atomic mass is 19.2. The van der Waals surface area contributed by atoms with E-state index in [1.165, 1.54) is 0 Å². The van der Waals surface area contributed by atoms with Gasteiger partial charge in [0.25, 0.3) is 0 Å². The molecule has 0 N–H and O–H groups in total. The Hall–Kier alpha value is -1.13. The first-order valence-corrected chi connectivity index (χ1v) is 2.80. The maximum absolute atomic E-state index is 12.2. The van der Waals surface area contributed by atoms with Gasteiger partial charge in [0.1, 0.15) is 5.83 Å². The lowest BCUT2D eigenvalue weighted by molar-refractivity contribution is 0.450. The van der Waals surface area contributed by atoms with Crippen LogP contribution in [0.3, 0.4) is 0 Å². The van der Waals surface area contributed by atoms with Crippen LogP contribution in [0.4, 0.5) is 22.0 Å². The van der Waals surface area contributed by atoms with E-state index < -0.39 is 29.1 Å². The Morgan fingerprint density at radius 2 is 1.25 bits per heavy atom. The molecular weight excluding hydrogens is 179 g/mol. The van der Waals surface area contributed by atoms with E-state index in [9.17, 15) is 22.0 Å². The van der Waals surface area contributed by atoms with E-state index in [-0.39, 0.29) is 0 Å². The van der Waals surface area contributed by atoms with Gasteiger partial charge in [0.15, 0.2) is 23.3 Å². The third-order valence-corrected chi connectivity index (χ3v) is 0.926. The van der Waals surface area contributed by atoms with Crippen LogP contribution in [0.25, 0.3) is 0 Å². The quantitative estimate of drug-likeness (QED) is 0.452. The molecule has 0 rings (SSSR count). The Balaban J connectivity index is 5.06. The standard InChI is InChI=1S/C7H5F5/c1-3(8)5(10)7(12)6(11)4(2)9/h1H2,2H3/b6-4-,7-5-. The van der Waals surface area contributed by atoms with E-state index in [4.69, 9.17) is 0 Å². The van der Waals surface area contributed by atoms with Gasteiger partial charge in [0.2, 0.25) is 0 Å². The topological polar surface area (TPSA) is 0 Å². The van der Waals surface area contributed by atoms with Crippen LogP contribution in [0, 0.1) is 0 Å². The summed E-state index contributed by atoms with van der Waals surface area (Å²) in [6.07, 6.45) is 0. The minimum absolute atomic E-state index is 0.573. The van der Waals surface area contributed by atoms with Crippen molar-refractivity contribution in [2.75, 3.05) is 0 Å². The molecule has 0 aromatic rings. The molecule has 0 aliphatic rings. The molecule has 68 valence electrons. The molecule has 0 fully saturated rings. The van der Waals surface area contributed by atoms with Crippen LogP contribution in [0.15, 0.2) is 35.7 Å². The normalized spacial score (nSPS) is 15.2. The van der Waals surface area contributed by atoms with Gasteiger partial charge in [-0.05, 0) is 6.92 Å². The lowest BCUT2D eigenvalue weighted by atomic mass is 10.3. The summed E-state index contributed by atoms with van der Waals surface area (Å²) < 4.78 is 60.2. The Morgan fingerprint density at radius 1 is 0.833 bits per heavy atom. The first-order valence-electron chi connectivity index (χ1n) is 2.80. The summed E-state index contributed by atoms with van der Waals surface area (Å²) in [7, 11) is 0. The number of halogens is 5. The van der Waals surface area contributed by atoms with Crippen molar-refractivity contribution in [2.24, 2.45) is 0 Å². The molecule has 0 aliphatic carbocycles. The minimum atomic E-state index is -2.22. The summed E-state index contributed by atoms with van der Waals surface area (Å²) >= 11 is 0. The number of allylic oxidation sites excluding steroid dienone is 5. The highest BCUT2D eigenvalue weighted by molar-refractivity contribution is 5.30. The van der Waals surface area contributed by atoms with Crippen molar-refractivity contribution in [3.05, 3.63) is 35.7 Å². The molecule has 12 heavy (non-hydrogen) atoms. The van der Waals surface area contributed by atoms with Gasteiger partial charge in [-0.3, -0.25) is 0 Å². The van der Waals surface area contributed by atoms with Gasteiger partial charge in [0, 0.05) is 0 Å². The first-order chi connectivity index (χ1) is 5.37. The van der Waals surface area contributed by atoms with Gasteiger partial charge in [-0.1, -0.05) is 6.58 Å². The Morgan fingerprint density at radius 3 is 1.50 bits per heavy atom. The van der Waals surface area contributed by atoms with Crippen molar-refractivity contribution in [2.45, 2.75) is 6.92 Å². The lowest BCUT2D eigenvalue weighted by Crippen LogP contribution is -1.84. The Bertz CT molecular complexity index is 257. The summed E-state index contributed by atoms with van der Waals surface area (Å²) in [5, 5.41) is 0. The molecule has 0 saturated heterocycles. The molecule has 0 radical (unpaired) electrons. The summed E-state index contributed by atoms with van der Waals surface area (Å²) in [6.45, 7) is 2.94. The van der Waals surface area contributed by atoms with E-state index in [1.807, 2.05) is 0 Å². The van der Waals surface area contributed by atoms with E-state index in [0.717, 1.165) is 0 Å². The molecule has 0 aromatic heterocycles. The Kier molecular flexibility index (Phi) is 3.66. The van der Waals surface area contributed by atoms with E-state index in [0.29, 0.717) is 6.92 Å². The largest absolute Gasteiger partial charge is 0.209 e. The second-order valence-electron chi connectivity index (χ2n) is 1.88. The van der Waals surface area contributed by atoms with Crippen molar-refractivity contribution in [3.63, 3.8) is 0 Å². The molecule has 0 saturated carbocycles. The maximum Gasteiger partial charge on any atom is 0.200 e. The van der Waals surface area contributed by atoms with Crippen LogP contribution in [-0.2, 0) is 0 Å². The molecule has 0 atom stereocenters. The molecule has 0 unspecified atom stereocenters. The second kappa shape index (κ2) is 4.04. The monoisotopic (exact) mass is 184 g/mol. The van der Waals surface area contributed by atoms with Gasteiger partial charge in [-0.2, -0.15) is 0 Å². The van der Waals surface area contributed by atoms with E-state index >= 15 is 0 Å². The zero-order valence-corrected chi connectivity index (χ0v) is 6.10. The maximum atomic E-state index is 12.2. The van der Waals surface area contributed by atoms with Crippen LogP contribution in [0.5, 0.6) is 0 Å². The zero-order chi connectivity index (χ0) is 9.89. The van der Waals surface area contributed by atoms with Crippen molar-refractivity contribution in [1.82, 2.24) is 0 Å². The molecular formula is C7H5F5. The third kappa shape index (κ3) is 2.48. The number of hydrogen-bond acceptors (Lipinski definition) is 0. The van der Waals surface area contributed by atoms with Gasteiger partial charge in [-0.15, -0.1) is 0 Å². The fraction of sp³-hybridized carbons (Fsp3) is 0.143. The highest BCUT2D eigenvalue weighted by Gasteiger charge is 2.16. The molecule has 0 heterocycles. The molecule has 0 spiro atoms. The summed E-state index contributed by atoms with van der Waals surface area (Å²) in [6, 6.07) is 0. The average Bonchev–Trinajstić information content (AvgIpc) is 2.00. The molecule has 0 aliphatic heterocycles. The predicted molar refractivity (Wildman–Crippen MR) is 34.4 cm³/mol. The summed E-state index contributed by atoms with van der Waals surface area (Å²) in [4.78, 5) is 0. The highest BCUT2D eigenvalue weighted by Crippen LogP contribution is 2.26. The van der Waals surface area contributed by atoms with Crippen molar-refractivity contribution >= 4 is 0 Å². The van der Waals surface area contributed by atoms with Crippen molar-refractivity contribution in [1.29, 1.82) is 0 Å². The molecule has 0 nitrogen and oxygen atoms in total. The van der Waals surface area contributed by atoms with E-state index in [2.05, 4.69) is 6.58 Å². The summed E-state index contributed by atoms with van der Waals surface area (Å²) in [5.41, 5.74) is 0. The summed E-state index contributed by atoms with van der Waals surface area (Å²) in [5.74, 6) is -9.77. The van der Waals surface area contributed by atoms with Gasteiger partial charge in [0.05, 0.1) is 0 Å². The van der Waals surface area contributed by atoms with Gasteiger partial charge >= 0.3 is 0 Å².